The summed E-state index contributed by atoms with van der Waals surface area (Å²) in [6.07, 6.45) is 0.571. The third-order valence-corrected chi connectivity index (χ3v) is 2.46. The number of ether oxygens (including phenoxy) is 1. The fourth-order valence-electron chi connectivity index (χ4n) is 1.62. The lowest BCUT2D eigenvalue weighted by molar-refractivity contribution is 0.0592. The third-order valence-electron chi connectivity index (χ3n) is 2.46. The van der Waals surface area contributed by atoms with E-state index >= 15 is 0 Å². The van der Waals surface area contributed by atoms with E-state index in [2.05, 4.69) is 15.2 Å². The first kappa shape index (κ1) is 15.5. The molecule has 2 rings (SSSR count). The van der Waals surface area contributed by atoms with Gasteiger partial charge in [-0.3, -0.25) is 4.57 Å². The van der Waals surface area contributed by atoms with Gasteiger partial charge in [-0.15, -0.1) is 5.11 Å². The highest BCUT2D eigenvalue weighted by atomic mass is 16.6. The van der Waals surface area contributed by atoms with Crippen LogP contribution in [0.2, 0.25) is 0 Å². The average Bonchev–Trinajstić information content (AvgIpc) is 2.75. The highest BCUT2D eigenvalue weighted by Gasteiger charge is 2.15. The van der Waals surface area contributed by atoms with Gasteiger partial charge in [-0.1, -0.05) is 5.11 Å². The number of rotatable bonds is 2. The van der Waals surface area contributed by atoms with Crippen LogP contribution in [0.25, 0.3) is 5.69 Å². The number of nitrogens with zero attached hydrogens (tertiary/aromatic N) is 4. The molecule has 0 unspecified atom stereocenters. The van der Waals surface area contributed by atoms with Gasteiger partial charge in [-0.2, -0.15) is 0 Å². The molecule has 0 aliphatic carbocycles. The van der Waals surface area contributed by atoms with Gasteiger partial charge in [-0.25, -0.2) is 9.78 Å². The van der Waals surface area contributed by atoms with Crippen LogP contribution in [0.4, 0.5) is 10.6 Å². The van der Waals surface area contributed by atoms with Crippen molar-refractivity contribution < 1.29 is 19.7 Å². The van der Waals surface area contributed by atoms with Crippen LogP contribution in [0.3, 0.4) is 0 Å². The second-order valence-electron chi connectivity index (χ2n) is 5.44. The van der Waals surface area contributed by atoms with Crippen molar-refractivity contribution in [1.29, 1.82) is 0 Å². The third kappa shape index (κ3) is 3.81. The molecule has 0 spiro atoms. The molecule has 22 heavy (non-hydrogen) atoms. The standard InChI is InChI=1S/C14H16N4O4/c1-14(2,3)22-13(21)17-16-10-5-4-9(8-15-10)18-11(19)6-7-12(18)20/h4-8,19-20H,1-3H3. The minimum absolute atomic E-state index is 0.123. The number of hydrogen-bond donors (Lipinski definition) is 2. The van der Waals surface area contributed by atoms with Crippen molar-refractivity contribution in [3.63, 3.8) is 0 Å². The molecule has 116 valence electrons. The molecular formula is C14H16N4O4. The van der Waals surface area contributed by atoms with E-state index in [-0.39, 0.29) is 17.6 Å². The van der Waals surface area contributed by atoms with E-state index in [1.807, 2.05) is 0 Å². The van der Waals surface area contributed by atoms with Crippen LogP contribution in [0.15, 0.2) is 40.7 Å². The van der Waals surface area contributed by atoms with Gasteiger partial charge < -0.3 is 14.9 Å². The lowest BCUT2D eigenvalue weighted by Crippen LogP contribution is -2.21. The Morgan fingerprint density at radius 2 is 1.82 bits per heavy atom. The maximum Gasteiger partial charge on any atom is 0.453 e. The Morgan fingerprint density at radius 3 is 2.32 bits per heavy atom. The highest BCUT2D eigenvalue weighted by Crippen LogP contribution is 2.26. The van der Waals surface area contributed by atoms with Crippen molar-refractivity contribution in [2.45, 2.75) is 26.4 Å². The monoisotopic (exact) mass is 304 g/mol. The van der Waals surface area contributed by atoms with Gasteiger partial charge in [0.25, 0.3) is 0 Å². The number of carbonyl (C=O) groups excluding carboxylic acids is 1. The molecule has 2 heterocycles. The summed E-state index contributed by atoms with van der Waals surface area (Å²) in [5.74, 6) is -0.0504. The Bertz CT molecular complexity index is 679. The summed E-state index contributed by atoms with van der Waals surface area (Å²) < 4.78 is 6.17. The number of carbonyl (C=O) groups is 1. The van der Waals surface area contributed by atoms with Crippen molar-refractivity contribution in [2.75, 3.05) is 0 Å². The molecule has 8 nitrogen and oxygen atoms in total. The second-order valence-corrected chi connectivity index (χ2v) is 5.44. The fraction of sp³-hybridized carbons (Fsp3) is 0.286. The van der Waals surface area contributed by atoms with Crippen LogP contribution < -0.4 is 0 Å². The van der Waals surface area contributed by atoms with Gasteiger partial charge in [0.2, 0.25) is 0 Å². The van der Waals surface area contributed by atoms with E-state index in [0.29, 0.717) is 5.69 Å². The van der Waals surface area contributed by atoms with Gasteiger partial charge in [0.15, 0.2) is 17.6 Å². The van der Waals surface area contributed by atoms with Crippen molar-refractivity contribution in [1.82, 2.24) is 9.55 Å². The van der Waals surface area contributed by atoms with Gasteiger partial charge in [-0.05, 0) is 32.9 Å². The summed E-state index contributed by atoms with van der Waals surface area (Å²) in [5, 5.41) is 26.3. The molecule has 0 radical (unpaired) electrons. The normalized spacial score (nSPS) is 11.8. The maximum atomic E-state index is 11.4. The summed E-state index contributed by atoms with van der Waals surface area (Å²) in [7, 11) is 0. The average molecular weight is 304 g/mol. The van der Waals surface area contributed by atoms with Crippen LogP contribution in [0, 0.1) is 0 Å². The topological polar surface area (TPSA) is 109 Å². The van der Waals surface area contributed by atoms with E-state index in [1.54, 1.807) is 26.8 Å². The fourth-order valence-corrected chi connectivity index (χ4v) is 1.62. The Kier molecular flexibility index (Phi) is 4.11. The summed E-state index contributed by atoms with van der Waals surface area (Å²) >= 11 is 0. The maximum absolute atomic E-state index is 11.4. The van der Waals surface area contributed by atoms with Gasteiger partial charge in [0.05, 0.1) is 11.9 Å². The van der Waals surface area contributed by atoms with Crippen molar-refractivity contribution in [3.05, 3.63) is 30.5 Å². The molecule has 2 aromatic rings. The molecule has 0 aliphatic heterocycles. The van der Waals surface area contributed by atoms with Crippen LogP contribution in [-0.2, 0) is 4.74 Å². The molecule has 0 aliphatic rings. The van der Waals surface area contributed by atoms with E-state index in [0.717, 1.165) is 0 Å². The molecule has 1 amide bonds. The van der Waals surface area contributed by atoms with Gasteiger partial charge in [0, 0.05) is 12.1 Å². The zero-order valence-electron chi connectivity index (χ0n) is 12.4. The lowest BCUT2D eigenvalue weighted by atomic mass is 10.2. The molecular weight excluding hydrogens is 288 g/mol. The van der Waals surface area contributed by atoms with Gasteiger partial charge >= 0.3 is 6.09 Å². The van der Waals surface area contributed by atoms with Crippen molar-refractivity contribution in [2.24, 2.45) is 10.2 Å². The molecule has 0 fully saturated rings. The summed E-state index contributed by atoms with van der Waals surface area (Å²) in [5.41, 5.74) is -0.201. The van der Waals surface area contributed by atoms with E-state index in [4.69, 9.17) is 4.74 Å². The molecule has 2 aromatic heterocycles. The number of hydrogen-bond acceptors (Lipinski definition) is 6. The van der Waals surface area contributed by atoms with Gasteiger partial charge in [0.1, 0.15) is 5.60 Å². The van der Waals surface area contributed by atoms with Crippen molar-refractivity contribution in [3.8, 4) is 17.4 Å². The van der Waals surface area contributed by atoms with E-state index in [9.17, 15) is 15.0 Å². The Hall–Kier alpha value is -2.90. The second kappa shape index (κ2) is 5.84. The molecule has 2 N–H and O–H groups in total. The minimum Gasteiger partial charge on any atom is -0.494 e. The summed E-state index contributed by atoms with van der Waals surface area (Å²) in [6.45, 7) is 5.18. The van der Waals surface area contributed by atoms with Crippen LogP contribution in [0.5, 0.6) is 11.8 Å². The Balaban J connectivity index is 2.11. The first-order valence-electron chi connectivity index (χ1n) is 6.47. The molecule has 8 heteroatoms. The zero-order chi connectivity index (χ0) is 16.3. The number of aromatic nitrogens is 2. The first-order chi connectivity index (χ1) is 10.3. The number of pyridine rings is 1. The summed E-state index contributed by atoms with van der Waals surface area (Å²) in [6, 6.07) is 5.76. The van der Waals surface area contributed by atoms with E-state index < -0.39 is 11.7 Å². The molecule has 0 saturated heterocycles. The molecule has 0 saturated carbocycles. The predicted molar refractivity (Wildman–Crippen MR) is 77.6 cm³/mol. The number of amides is 1. The lowest BCUT2D eigenvalue weighted by Gasteiger charge is -2.16. The highest BCUT2D eigenvalue weighted by molar-refractivity contribution is 5.68. The quantitative estimate of drug-likeness (QED) is 0.827. The predicted octanol–water partition coefficient (Wildman–Crippen LogP) is 3.30. The largest absolute Gasteiger partial charge is 0.494 e. The molecule has 0 atom stereocenters. The SMILES string of the molecule is CC(C)(C)OC(=O)N=Nc1ccc(-n2c(O)ccc2O)cn1. The van der Waals surface area contributed by atoms with Crippen LogP contribution in [-0.4, -0.2) is 31.5 Å². The number of azo groups is 1. The van der Waals surface area contributed by atoms with E-state index in [1.165, 1.54) is 29.0 Å². The number of aromatic hydroxyl groups is 2. The van der Waals surface area contributed by atoms with Crippen molar-refractivity contribution >= 4 is 11.9 Å². The molecule has 0 aromatic carbocycles. The smallest absolute Gasteiger partial charge is 0.453 e. The molecule has 0 bridgehead atoms. The Labute approximate surface area is 126 Å². The van der Waals surface area contributed by atoms with Crippen LogP contribution >= 0.6 is 0 Å². The first-order valence-corrected chi connectivity index (χ1v) is 6.47. The Morgan fingerprint density at radius 1 is 1.18 bits per heavy atom. The van der Waals surface area contributed by atoms with Crippen LogP contribution in [0.1, 0.15) is 20.8 Å². The summed E-state index contributed by atoms with van der Waals surface area (Å²) in [4.78, 5) is 15.4. The minimum atomic E-state index is -0.806. The zero-order valence-corrected chi connectivity index (χ0v) is 12.4.